The van der Waals surface area contributed by atoms with E-state index in [1.807, 2.05) is 30.3 Å². The SMILES string of the molecule is CC(C)(O)CCS(=O)(=O)Cc1cc(-c2ccccc2)on1. The standard InChI is InChI=1S/C15H19NO4S/c1-15(2,17)8-9-21(18,19)11-13-10-14(20-16-13)12-6-4-3-5-7-12/h3-7,10,17H,8-9,11H2,1-2H3. The Kier molecular flexibility index (Phi) is 4.49. The summed E-state index contributed by atoms with van der Waals surface area (Å²) in [6.07, 6.45) is 0.193. The van der Waals surface area contributed by atoms with Crippen LogP contribution in [0.25, 0.3) is 11.3 Å². The lowest BCUT2D eigenvalue weighted by molar-refractivity contribution is 0.0772. The third-order valence-electron chi connectivity index (χ3n) is 3.01. The molecule has 21 heavy (non-hydrogen) atoms. The van der Waals surface area contributed by atoms with E-state index >= 15 is 0 Å². The highest BCUT2D eigenvalue weighted by molar-refractivity contribution is 7.90. The lowest BCUT2D eigenvalue weighted by Gasteiger charge is -2.16. The van der Waals surface area contributed by atoms with Crippen LogP contribution in [-0.4, -0.2) is 30.0 Å². The van der Waals surface area contributed by atoms with E-state index in [2.05, 4.69) is 5.16 Å². The molecule has 0 bridgehead atoms. The second-order valence-electron chi connectivity index (χ2n) is 5.70. The van der Waals surface area contributed by atoms with Crippen molar-refractivity contribution >= 4 is 9.84 Å². The Morgan fingerprint density at radius 1 is 1.24 bits per heavy atom. The maximum absolute atomic E-state index is 12.0. The number of aromatic nitrogens is 1. The molecular weight excluding hydrogens is 290 g/mol. The second-order valence-corrected chi connectivity index (χ2v) is 7.89. The van der Waals surface area contributed by atoms with Crippen LogP contribution in [0.15, 0.2) is 40.9 Å². The molecule has 6 heteroatoms. The molecule has 0 radical (unpaired) electrons. The van der Waals surface area contributed by atoms with Crippen molar-refractivity contribution in [1.29, 1.82) is 0 Å². The van der Waals surface area contributed by atoms with E-state index < -0.39 is 15.4 Å². The van der Waals surface area contributed by atoms with Crippen LogP contribution in [0.2, 0.25) is 0 Å². The highest BCUT2D eigenvalue weighted by atomic mass is 32.2. The maximum Gasteiger partial charge on any atom is 0.167 e. The van der Waals surface area contributed by atoms with Gasteiger partial charge in [-0.1, -0.05) is 35.5 Å². The average molecular weight is 309 g/mol. The number of rotatable bonds is 6. The quantitative estimate of drug-likeness (QED) is 0.886. The summed E-state index contributed by atoms with van der Waals surface area (Å²) in [6, 6.07) is 11.0. The van der Waals surface area contributed by atoms with Crippen LogP contribution in [0.4, 0.5) is 0 Å². The van der Waals surface area contributed by atoms with Gasteiger partial charge in [-0.25, -0.2) is 8.42 Å². The number of nitrogens with zero attached hydrogens (tertiary/aromatic N) is 1. The molecule has 1 aromatic heterocycles. The van der Waals surface area contributed by atoms with E-state index in [-0.39, 0.29) is 17.9 Å². The van der Waals surface area contributed by atoms with Crippen LogP contribution in [0.1, 0.15) is 26.0 Å². The first kappa shape index (κ1) is 15.7. The zero-order chi connectivity index (χ0) is 15.5. The van der Waals surface area contributed by atoms with Gasteiger partial charge in [-0.3, -0.25) is 0 Å². The first-order chi connectivity index (χ1) is 9.75. The van der Waals surface area contributed by atoms with E-state index in [1.165, 1.54) is 0 Å². The highest BCUT2D eigenvalue weighted by Crippen LogP contribution is 2.21. The number of benzene rings is 1. The van der Waals surface area contributed by atoms with Gasteiger partial charge in [-0.05, 0) is 20.3 Å². The highest BCUT2D eigenvalue weighted by Gasteiger charge is 2.21. The van der Waals surface area contributed by atoms with Gasteiger partial charge < -0.3 is 9.63 Å². The van der Waals surface area contributed by atoms with Gasteiger partial charge in [-0.15, -0.1) is 0 Å². The Bertz CT molecular complexity index is 684. The molecule has 0 atom stereocenters. The zero-order valence-corrected chi connectivity index (χ0v) is 12.9. The monoisotopic (exact) mass is 309 g/mol. The minimum absolute atomic E-state index is 0.0793. The van der Waals surface area contributed by atoms with Crippen molar-refractivity contribution in [3.05, 3.63) is 42.1 Å². The minimum Gasteiger partial charge on any atom is -0.390 e. The third-order valence-corrected chi connectivity index (χ3v) is 4.57. The lowest BCUT2D eigenvalue weighted by atomic mass is 10.1. The largest absolute Gasteiger partial charge is 0.390 e. The maximum atomic E-state index is 12.0. The van der Waals surface area contributed by atoms with Crippen molar-refractivity contribution in [1.82, 2.24) is 5.16 Å². The number of hydrogen-bond donors (Lipinski definition) is 1. The molecular formula is C15H19NO4S. The van der Waals surface area contributed by atoms with Gasteiger partial charge in [-0.2, -0.15) is 0 Å². The fraction of sp³-hybridized carbons (Fsp3) is 0.400. The van der Waals surface area contributed by atoms with Crippen molar-refractivity contribution in [2.45, 2.75) is 31.6 Å². The first-order valence-corrected chi connectivity index (χ1v) is 8.51. The predicted octanol–water partition coefficient (Wildman–Crippen LogP) is 2.42. The molecule has 0 aliphatic rings. The molecule has 0 saturated carbocycles. The summed E-state index contributed by atoms with van der Waals surface area (Å²) >= 11 is 0. The van der Waals surface area contributed by atoms with Crippen LogP contribution < -0.4 is 0 Å². The molecule has 2 rings (SSSR count). The van der Waals surface area contributed by atoms with Crippen molar-refractivity contribution in [2.24, 2.45) is 0 Å². The summed E-state index contributed by atoms with van der Waals surface area (Å²) in [4.78, 5) is 0. The lowest BCUT2D eigenvalue weighted by Crippen LogP contribution is -2.24. The Labute approximate surface area is 124 Å². The van der Waals surface area contributed by atoms with Gasteiger partial charge in [0.05, 0.1) is 22.8 Å². The molecule has 0 amide bonds. The van der Waals surface area contributed by atoms with Gasteiger partial charge in [0.15, 0.2) is 15.6 Å². The predicted molar refractivity (Wildman–Crippen MR) is 80.3 cm³/mol. The Balaban J connectivity index is 2.06. The molecule has 1 N–H and O–H groups in total. The number of hydrogen-bond acceptors (Lipinski definition) is 5. The van der Waals surface area contributed by atoms with Crippen LogP contribution in [-0.2, 0) is 15.6 Å². The third kappa shape index (κ3) is 4.99. The van der Waals surface area contributed by atoms with E-state index in [0.29, 0.717) is 11.5 Å². The fourth-order valence-corrected chi connectivity index (χ4v) is 3.36. The molecule has 1 heterocycles. The molecule has 0 unspecified atom stereocenters. The Morgan fingerprint density at radius 2 is 1.90 bits per heavy atom. The van der Waals surface area contributed by atoms with Gasteiger partial charge in [0.2, 0.25) is 0 Å². The molecule has 0 aliphatic carbocycles. The Hall–Kier alpha value is -1.66. The molecule has 0 fully saturated rings. The van der Waals surface area contributed by atoms with Crippen LogP contribution in [0, 0.1) is 0 Å². The minimum atomic E-state index is -3.32. The summed E-state index contributed by atoms with van der Waals surface area (Å²) in [7, 11) is -3.32. The first-order valence-electron chi connectivity index (χ1n) is 6.69. The van der Waals surface area contributed by atoms with E-state index in [4.69, 9.17) is 4.52 Å². The van der Waals surface area contributed by atoms with Crippen LogP contribution >= 0.6 is 0 Å². The zero-order valence-electron chi connectivity index (χ0n) is 12.1. The van der Waals surface area contributed by atoms with Gasteiger partial charge >= 0.3 is 0 Å². The summed E-state index contributed by atoms with van der Waals surface area (Å²) < 4.78 is 29.2. The molecule has 5 nitrogen and oxygen atoms in total. The van der Waals surface area contributed by atoms with E-state index in [1.54, 1.807) is 19.9 Å². The van der Waals surface area contributed by atoms with Gasteiger partial charge in [0, 0.05) is 11.6 Å². The molecule has 0 spiro atoms. The molecule has 0 saturated heterocycles. The molecule has 0 aliphatic heterocycles. The summed E-state index contributed by atoms with van der Waals surface area (Å²) in [6.45, 7) is 3.18. The second kappa shape index (κ2) is 5.99. The van der Waals surface area contributed by atoms with Crippen molar-refractivity contribution < 1.29 is 18.0 Å². The number of aliphatic hydroxyl groups is 1. The summed E-state index contributed by atoms with van der Waals surface area (Å²) in [5, 5.41) is 13.4. The van der Waals surface area contributed by atoms with Crippen molar-refractivity contribution in [3.8, 4) is 11.3 Å². The topological polar surface area (TPSA) is 80.4 Å². The number of sulfone groups is 1. The molecule has 2 aromatic rings. The van der Waals surface area contributed by atoms with E-state index in [0.717, 1.165) is 5.56 Å². The van der Waals surface area contributed by atoms with Gasteiger partial charge in [0.1, 0.15) is 0 Å². The van der Waals surface area contributed by atoms with Crippen molar-refractivity contribution in [3.63, 3.8) is 0 Å². The van der Waals surface area contributed by atoms with Crippen LogP contribution in [0.5, 0.6) is 0 Å². The fourth-order valence-electron chi connectivity index (χ4n) is 1.82. The van der Waals surface area contributed by atoms with Gasteiger partial charge in [0.25, 0.3) is 0 Å². The molecule has 114 valence electrons. The average Bonchev–Trinajstić information content (AvgIpc) is 2.85. The summed E-state index contributed by atoms with van der Waals surface area (Å²) in [5.74, 6) is 0.284. The smallest absolute Gasteiger partial charge is 0.167 e. The van der Waals surface area contributed by atoms with Crippen LogP contribution in [0.3, 0.4) is 0 Å². The summed E-state index contributed by atoms with van der Waals surface area (Å²) in [5.41, 5.74) is 0.237. The van der Waals surface area contributed by atoms with E-state index in [9.17, 15) is 13.5 Å². The van der Waals surface area contributed by atoms with Crippen molar-refractivity contribution in [2.75, 3.05) is 5.75 Å². The Morgan fingerprint density at radius 3 is 2.52 bits per heavy atom. The normalized spacial score (nSPS) is 12.5. The molecule has 1 aromatic carbocycles.